The number of alkyl halides is 3. The Morgan fingerprint density at radius 1 is 1.17 bits per heavy atom. The molecule has 0 fully saturated rings. The number of hydrogen-bond donors (Lipinski definition) is 0. The second-order valence-electron chi connectivity index (χ2n) is 8.04. The van der Waals surface area contributed by atoms with Crippen molar-refractivity contribution in [3.8, 4) is 5.75 Å². The van der Waals surface area contributed by atoms with E-state index in [4.69, 9.17) is 9.47 Å². The molecule has 0 saturated carbocycles. The SMILES string of the molecule is CC(=O)OCCCCN(C)C(=O)n1c(SCc2nccc(OCC(F)(F)F)c2C)nc2ccccc21. The van der Waals surface area contributed by atoms with Crippen molar-refractivity contribution in [3.63, 3.8) is 0 Å². The molecule has 3 rings (SSSR count). The molecule has 0 aliphatic rings. The monoisotopic (exact) mass is 524 g/mol. The van der Waals surface area contributed by atoms with Crippen molar-refractivity contribution in [2.24, 2.45) is 0 Å². The number of fused-ring (bicyclic) bond motifs is 1. The Morgan fingerprint density at radius 3 is 2.64 bits per heavy atom. The Bertz CT molecular complexity index is 1220. The van der Waals surface area contributed by atoms with Gasteiger partial charge in [0.15, 0.2) is 11.8 Å². The highest BCUT2D eigenvalue weighted by Crippen LogP contribution is 2.30. The molecule has 0 bridgehead atoms. The van der Waals surface area contributed by atoms with Gasteiger partial charge in [0.2, 0.25) is 0 Å². The molecule has 0 atom stereocenters. The van der Waals surface area contributed by atoms with Gasteiger partial charge in [-0.15, -0.1) is 0 Å². The Labute approximate surface area is 210 Å². The molecule has 0 radical (unpaired) electrons. The third-order valence-corrected chi connectivity index (χ3v) is 6.18. The number of esters is 1. The maximum atomic E-state index is 13.3. The van der Waals surface area contributed by atoms with Gasteiger partial charge in [0.25, 0.3) is 0 Å². The van der Waals surface area contributed by atoms with Crippen molar-refractivity contribution in [1.29, 1.82) is 0 Å². The molecule has 1 aromatic carbocycles. The maximum absolute atomic E-state index is 13.3. The Morgan fingerprint density at radius 2 is 1.92 bits per heavy atom. The molecule has 2 heterocycles. The molecule has 1 amide bonds. The van der Waals surface area contributed by atoms with Gasteiger partial charge in [-0.05, 0) is 38.0 Å². The highest BCUT2D eigenvalue weighted by Gasteiger charge is 2.29. The molecule has 0 saturated heterocycles. The fourth-order valence-corrected chi connectivity index (χ4v) is 4.40. The Hall–Kier alpha value is -3.28. The van der Waals surface area contributed by atoms with Crippen molar-refractivity contribution in [2.75, 3.05) is 26.8 Å². The van der Waals surface area contributed by atoms with Crippen LogP contribution in [0.25, 0.3) is 11.0 Å². The Balaban J connectivity index is 1.75. The molecule has 2 aromatic heterocycles. The molecule has 0 aliphatic heterocycles. The van der Waals surface area contributed by atoms with Gasteiger partial charge < -0.3 is 14.4 Å². The van der Waals surface area contributed by atoms with Crippen LogP contribution in [-0.4, -0.2) is 64.4 Å². The minimum Gasteiger partial charge on any atom is -0.484 e. The summed E-state index contributed by atoms with van der Waals surface area (Å²) in [6, 6.07) is 8.36. The van der Waals surface area contributed by atoms with Crippen LogP contribution in [0.2, 0.25) is 0 Å². The summed E-state index contributed by atoms with van der Waals surface area (Å²) in [5.74, 6) is 0.0433. The molecular weight excluding hydrogens is 497 g/mol. The van der Waals surface area contributed by atoms with Crippen LogP contribution in [0.4, 0.5) is 18.0 Å². The highest BCUT2D eigenvalue weighted by atomic mass is 32.2. The first kappa shape index (κ1) is 27.3. The van der Waals surface area contributed by atoms with Crippen molar-refractivity contribution < 1.29 is 32.2 Å². The first-order valence-electron chi connectivity index (χ1n) is 11.2. The van der Waals surface area contributed by atoms with Crippen LogP contribution in [-0.2, 0) is 15.3 Å². The zero-order valence-corrected chi connectivity index (χ0v) is 21.0. The van der Waals surface area contributed by atoms with Crippen LogP contribution in [0.3, 0.4) is 0 Å². The third kappa shape index (κ3) is 7.36. The van der Waals surface area contributed by atoms with Gasteiger partial charge in [-0.1, -0.05) is 23.9 Å². The number of ether oxygens (including phenoxy) is 2. The molecule has 0 unspecified atom stereocenters. The average Bonchev–Trinajstić information content (AvgIpc) is 3.19. The number of para-hydroxylation sites is 2. The first-order chi connectivity index (χ1) is 17.1. The van der Waals surface area contributed by atoms with Crippen LogP contribution in [0.5, 0.6) is 5.75 Å². The number of unbranched alkanes of at least 4 members (excludes halogenated alkanes) is 1. The van der Waals surface area contributed by atoms with Gasteiger partial charge in [-0.2, -0.15) is 13.2 Å². The molecule has 0 aliphatic carbocycles. The minimum atomic E-state index is -4.44. The second kappa shape index (κ2) is 12.1. The fraction of sp³-hybridized carbons (Fsp3) is 0.417. The predicted octanol–water partition coefficient (Wildman–Crippen LogP) is 5.22. The summed E-state index contributed by atoms with van der Waals surface area (Å²) >= 11 is 1.26. The number of benzene rings is 1. The molecule has 0 N–H and O–H groups in total. The standard InChI is InChI=1S/C24H27F3N4O4S/c1-16-19(28-11-10-21(16)35-15-24(25,26)27)14-36-22-29-18-8-4-5-9-20(18)31(22)23(33)30(3)12-6-7-13-34-17(2)32/h4-5,8-11H,6-7,12-15H2,1-3H3. The number of rotatable bonds is 10. The van der Waals surface area contributed by atoms with Crippen LogP contribution in [0, 0.1) is 6.92 Å². The number of halogens is 3. The normalized spacial score (nSPS) is 11.5. The number of amides is 1. The molecule has 3 aromatic rings. The lowest BCUT2D eigenvalue weighted by Gasteiger charge is -2.19. The summed E-state index contributed by atoms with van der Waals surface area (Å²) in [4.78, 5) is 34.7. The van der Waals surface area contributed by atoms with E-state index in [0.29, 0.717) is 53.4 Å². The van der Waals surface area contributed by atoms with Crippen molar-refractivity contribution in [3.05, 3.63) is 47.8 Å². The van der Waals surface area contributed by atoms with E-state index in [0.717, 1.165) is 0 Å². The molecule has 8 nitrogen and oxygen atoms in total. The number of hydrogen-bond acceptors (Lipinski definition) is 7. The predicted molar refractivity (Wildman–Crippen MR) is 129 cm³/mol. The van der Waals surface area contributed by atoms with E-state index in [2.05, 4.69) is 9.97 Å². The van der Waals surface area contributed by atoms with Gasteiger partial charge in [-0.3, -0.25) is 9.78 Å². The van der Waals surface area contributed by atoms with E-state index in [1.54, 1.807) is 31.0 Å². The molecule has 194 valence electrons. The number of nitrogens with zero attached hydrogens (tertiary/aromatic N) is 4. The minimum absolute atomic E-state index is 0.107. The van der Waals surface area contributed by atoms with Crippen LogP contribution in [0.1, 0.15) is 31.0 Å². The van der Waals surface area contributed by atoms with E-state index < -0.39 is 12.8 Å². The van der Waals surface area contributed by atoms with E-state index in [1.807, 2.05) is 12.1 Å². The quantitative estimate of drug-likeness (QED) is 0.204. The largest absolute Gasteiger partial charge is 0.484 e. The number of carbonyl (C=O) groups excluding carboxylic acids is 2. The highest BCUT2D eigenvalue weighted by molar-refractivity contribution is 7.98. The van der Waals surface area contributed by atoms with Gasteiger partial charge >= 0.3 is 18.2 Å². The molecule has 12 heteroatoms. The molecule has 36 heavy (non-hydrogen) atoms. The summed E-state index contributed by atoms with van der Waals surface area (Å²) in [6.45, 7) is 2.36. The first-order valence-corrected chi connectivity index (χ1v) is 12.2. The number of thioether (sulfide) groups is 1. The maximum Gasteiger partial charge on any atom is 0.422 e. The third-order valence-electron chi connectivity index (χ3n) is 5.23. The molecular formula is C24H27F3N4O4S. The zero-order chi connectivity index (χ0) is 26.3. The van der Waals surface area contributed by atoms with E-state index in [9.17, 15) is 22.8 Å². The van der Waals surface area contributed by atoms with Crippen molar-refractivity contribution >= 4 is 34.8 Å². The van der Waals surface area contributed by atoms with Gasteiger partial charge in [0.1, 0.15) is 5.75 Å². The van der Waals surface area contributed by atoms with E-state index >= 15 is 0 Å². The number of carbonyl (C=O) groups is 2. The Kier molecular flexibility index (Phi) is 9.19. The zero-order valence-electron chi connectivity index (χ0n) is 20.2. The van der Waals surface area contributed by atoms with Crippen molar-refractivity contribution in [2.45, 2.75) is 43.8 Å². The summed E-state index contributed by atoms with van der Waals surface area (Å²) in [7, 11) is 1.69. The van der Waals surface area contributed by atoms with Crippen LogP contribution in [0.15, 0.2) is 41.7 Å². The van der Waals surface area contributed by atoms with Crippen molar-refractivity contribution in [1.82, 2.24) is 19.4 Å². The number of aromatic nitrogens is 3. The average molecular weight is 525 g/mol. The lowest BCUT2D eigenvalue weighted by Crippen LogP contribution is -2.32. The van der Waals surface area contributed by atoms with Crippen LogP contribution < -0.4 is 4.74 Å². The summed E-state index contributed by atoms with van der Waals surface area (Å²) in [5, 5.41) is 0.441. The topological polar surface area (TPSA) is 86.6 Å². The fourth-order valence-electron chi connectivity index (χ4n) is 3.37. The summed E-state index contributed by atoms with van der Waals surface area (Å²) in [6.07, 6.45) is -1.77. The molecule has 0 spiro atoms. The lowest BCUT2D eigenvalue weighted by atomic mass is 10.2. The summed E-state index contributed by atoms with van der Waals surface area (Å²) < 4.78 is 49.1. The lowest BCUT2D eigenvalue weighted by molar-refractivity contribution is -0.153. The van der Waals surface area contributed by atoms with Gasteiger partial charge in [0, 0.05) is 38.0 Å². The number of imidazole rings is 1. The van der Waals surface area contributed by atoms with E-state index in [-0.39, 0.29) is 23.5 Å². The van der Waals surface area contributed by atoms with Crippen LogP contribution >= 0.6 is 11.8 Å². The summed E-state index contributed by atoms with van der Waals surface area (Å²) in [5.41, 5.74) is 2.31. The second-order valence-corrected chi connectivity index (χ2v) is 8.99. The smallest absolute Gasteiger partial charge is 0.422 e. The van der Waals surface area contributed by atoms with E-state index in [1.165, 1.54) is 35.5 Å². The number of pyridine rings is 1. The van der Waals surface area contributed by atoms with Gasteiger partial charge in [0.05, 0.1) is 23.3 Å². The van der Waals surface area contributed by atoms with Gasteiger partial charge in [-0.25, -0.2) is 14.3 Å².